The van der Waals surface area contributed by atoms with E-state index in [4.69, 9.17) is 16.3 Å². The monoisotopic (exact) mass is 411 g/mol. The summed E-state index contributed by atoms with van der Waals surface area (Å²) in [5.74, 6) is 0.136. The molecular weight excluding hydrogens is 398 g/mol. The molecule has 28 heavy (non-hydrogen) atoms. The van der Waals surface area contributed by atoms with E-state index >= 15 is 0 Å². The van der Waals surface area contributed by atoms with Gasteiger partial charge in [0.1, 0.15) is 11.3 Å². The minimum Gasteiger partial charge on any atom is -0.497 e. The van der Waals surface area contributed by atoms with Crippen LogP contribution in [0.1, 0.15) is 10.4 Å². The van der Waals surface area contributed by atoms with Crippen LogP contribution in [0.5, 0.6) is 5.75 Å². The van der Waals surface area contributed by atoms with Crippen LogP contribution in [0.3, 0.4) is 0 Å². The van der Waals surface area contributed by atoms with Crippen molar-refractivity contribution in [3.8, 4) is 17.0 Å². The molecule has 2 aromatic carbocycles. The van der Waals surface area contributed by atoms with Gasteiger partial charge in [-0.1, -0.05) is 29.8 Å². The van der Waals surface area contributed by atoms with Crippen molar-refractivity contribution in [1.82, 2.24) is 9.38 Å². The van der Waals surface area contributed by atoms with Crippen molar-refractivity contribution in [2.45, 2.75) is 0 Å². The number of aromatic nitrogens is 2. The number of benzene rings is 2. The lowest BCUT2D eigenvalue weighted by Gasteiger charge is -2.07. The minimum absolute atomic E-state index is 0.0555. The second kappa shape index (κ2) is 7.46. The van der Waals surface area contributed by atoms with Gasteiger partial charge in [-0.25, -0.2) is 4.98 Å². The molecule has 0 radical (unpaired) electrons. The predicted molar refractivity (Wildman–Crippen MR) is 111 cm³/mol. The zero-order valence-electron chi connectivity index (χ0n) is 14.7. The van der Waals surface area contributed by atoms with Crippen LogP contribution in [0.2, 0.25) is 5.02 Å². The zero-order valence-corrected chi connectivity index (χ0v) is 16.3. The molecule has 4 rings (SSSR count). The van der Waals surface area contributed by atoms with E-state index in [0.717, 1.165) is 0 Å². The van der Waals surface area contributed by atoms with Crippen molar-refractivity contribution in [2.75, 3.05) is 12.4 Å². The van der Waals surface area contributed by atoms with Crippen molar-refractivity contribution >= 4 is 39.5 Å². The zero-order chi connectivity index (χ0) is 19.7. The third-order valence-electron chi connectivity index (χ3n) is 4.19. The molecule has 0 saturated heterocycles. The van der Waals surface area contributed by atoms with Crippen LogP contribution >= 0.6 is 22.9 Å². The number of anilines is 1. The fourth-order valence-corrected chi connectivity index (χ4v) is 3.86. The number of nitrogens with one attached hydrogen (secondary N) is 1. The number of amides is 1. The summed E-state index contributed by atoms with van der Waals surface area (Å²) in [4.78, 5) is 30.4. The molecule has 4 aromatic rings. The molecule has 1 amide bonds. The average molecular weight is 412 g/mol. The summed E-state index contributed by atoms with van der Waals surface area (Å²) < 4.78 is 6.51. The number of carbonyl (C=O) groups excluding carboxylic acids is 1. The lowest BCUT2D eigenvalue weighted by atomic mass is 10.2. The fourth-order valence-electron chi connectivity index (χ4n) is 2.78. The van der Waals surface area contributed by atoms with Crippen LogP contribution in [0.15, 0.2) is 64.9 Å². The van der Waals surface area contributed by atoms with Crippen LogP contribution in [-0.2, 0) is 0 Å². The fraction of sp³-hybridized carbons (Fsp3) is 0.0500. The van der Waals surface area contributed by atoms with Crippen LogP contribution in [0, 0.1) is 0 Å². The number of methoxy groups -OCH3 is 1. The third-order valence-corrected chi connectivity index (χ3v) is 5.36. The molecule has 2 heterocycles. The molecule has 0 saturated carbocycles. The van der Waals surface area contributed by atoms with Gasteiger partial charge in [-0.15, -0.1) is 11.3 Å². The first kappa shape index (κ1) is 18.2. The number of hydrogen-bond acceptors (Lipinski definition) is 5. The predicted octanol–water partition coefficient (Wildman–Crippen LogP) is 4.34. The number of fused-ring (bicyclic) bond motifs is 1. The van der Waals surface area contributed by atoms with E-state index in [0.29, 0.717) is 32.7 Å². The largest absolute Gasteiger partial charge is 0.497 e. The van der Waals surface area contributed by atoms with E-state index in [2.05, 4.69) is 10.3 Å². The molecule has 2 aromatic heterocycles. The summed E-state index contributed by atoms with van der Waals surface area (Å²) in [5.41, 5.74) is 1.34. The number of rotatable bonds is 4. The Morgan fingerprint density at radius 2 is 1.93 bits per heavy atom. The second-order valence-corrected chi connectivity index (χ2v) is 7.12. The standard InChI is InChI=1S/C20H14ClN3O3S/c1-27-13-8-6-12(7-9-13)23-18(25)15-10-22-20-24(19(15)26)17(11-28-20)14-4-2-3-5-16(14)21/h2-11H,1H3,(H,23,25). The smallest absolute Gasteiger partial charge is 0.271 e. The molecule has 0 unspecified atom stereocenters. The molecule has 0 spiro atoms. The van der Waals surface area contributed by atoms with E-state index < -0.39 is 11.5 Å². The van der Waals surface area contributed by atoms with E-state index in [1.807, 2.05) is 18.2 Å². The Morgan fingerprint density at radius 3 is 2.64 bits per heavy atom. The minimum atomic E-state index is -0.534. The third kappa shape index (κ3) is 3.26. The average Bonchev–Trinajstić information content (AvgIpc) is 3.14. The van der Waals surface area contributed by atoms with Gasteiger partial charge < -0.3 is 10.1 Å². The number of thiazole rings is 1. The molecule has 0 atom stereocenters. The highest BCUT2D eigenvalue weighted by Gasteiger charge is 2.18. The number of carbonyl (C=O) groups is 1. The van der Waals surface area contributed by atoms with Gasteiger partial charge in [0.15, 0.2) is 4.96 Å². The van der Waals surface area contributed by atoms with Gasteiger partial charge in [0.2, 0.25) is 0 Å². The Kier molecular flexibility index (Phi) is 4.85. The Hall–Kier alpha value is -3.16. The van der Waals surface area contributed by atoms with Crippen molar-refractivity contribution in [3.63, 3.8) is 0 Å². The van der Waals surface area contributed by atoms with Gasteiger partial charge in [0.25, 0.3) is 11.5 Å². The van der Waals surface area contributed by atoms with E-state index in [9.17, 15) is 9.59 Å². The van der Waals surface area contributed by atoms with E-state index in [1.54, 1.807) is 42.8 Å². The molecule has 0 aliphatic carbocycles. The molecule has 1 N–H and O–H groups in total. The molecule has 8 heteroatoms. The van der Waals surface area contributed by atoms with Gasteiger partial charge in [-0.2, -0.15) is 0 Å². The SMILES string of the molecule is COc1ccc(NC(=O)c2cnc3scc(-c4ccccc4Cl)n3c2=O)cc1. The Morgan fingerprint density at radius 1 is 1.18 bits per heavy atom. The molecule has 0 aliphatic rings. The number of ether oxygens (including phenoxy) is 1. The number of nitrogens with zero attached hydrogens (tertiary/aromatic N) is 2. The summed E-state index contributed by atoms with van der Waals surface area (Å²) >= 11 is 7.59. The van der Waals surface area contributed by atoms with Crippen LogP contribution < -0.4 is 15.6 Å². The van der Waals surface area contributed by atoms with Gasteiger partial charge >= 0.3 is 0 Å². The van der Waals surface area contributed by atoms with Crippen LogP contribution in [-0.4, -0.2) is 22.4 Å². The van der Waals surface area contributed by atoms with E-state index in [1.165, 1.54) is 21.9 Å². The van der Waals surface area contributed by atoms with Gasteiger partial charge in [-0.05, 0) is 30.3 Å². The van der Waals surface area contributed by atoms with Crippen molar-refractivity contribution in [3.05, 3.63) is 81.0 Å². The van der Waals surface area contributed by atoms with Crippen molar-refractivity contribution in [2.24, 2.45) is 0 Å². The Labute approximate surface area is 169 Å². The Balaban J connectivity index is 1.75. The molecule has 0 fully saturated rings. The highest BCUT2D eigenvalue weighted by atomic mass is 35.5. The number of hydrogen-bond donors (Lipinski definition) is 1. The maximum absolute atomic E-state index is 13.0. The highest BCUT2D eigenvalue weighted by Crippen LogP contribution is 2.30. The van der Waals surface area contributed by atoms with Crippen molar-refractivity contribution in [1.29, 1.82) is 0 Å². The van der Waals surface area contributed by atoms with Crippen molar-refractivity contribution < 1.29 is 9.53 Å². The summed E-state index contributed by atoms with van der Waals surface area (Å²) in [5, 5.41) is 5.02. The maximum atomic E-state index is 13.0. The first-order valence-electron chi connectivity index (χ1n) is 8.28. The summed E-state index contributed by atoms with van der Waals surface area (Å²) in [7, 11) is 1.56. The quantitative estimate of drug-likeness (QED) is 0.542. The molecule has 0 aliphatic heterocycles. The second-order valence-electron chi connectivity index (χ2n) is 5.88. The topological polar surface area (TPSA) is 72.7 Å². The lowest BCUT2D eigenvalue weighted by molar-refractivity contribution is 0.102. The maximum Gasteiger partial charge on any atom is 0.271 e. The van der Waals surface area contributed by atoms with Gasteiger partial charge in [0, 0.05) is 27.9 Å². The molecule has 140 valence electrons. The highest BCUT2D eigenvalue weighted by molar-refractivity contribution is 7.15. The molecule has 0 bridgehead atoms. The van der Waals surface area contributed by atoms with Gasteiger partial charge in [-0.3, -0.25) is 14.0 Å². The first-order chi connectivity index (χ1) is 13.6. The normalized spacial score (nSPS) is 10.8. The first-order valence-corrected chi connectivity index (χ1v) is 9.54. The Bertz CT molecular complexity index is 1230. The summed E-state index contributed by atoms with van der Waals surface area (Å²) in [6, 6.07) is 14.1. The summed E-state index contributed by atoms with van der Waals surface area (Å²) in [6.07, 6.45) is 1.30. The number of halogens is 1. The molecule has 6 nitrogen and oxygen atoms in total. The summed E-state index contributed by atoms with van der Waals surface area (Å²) in [6.45, 7) is 0. The van der Waals surface area contributed by atoms with Crippen LogP contribution in [0.4, 0.5) is 5.69 Å². The van der Waals surface area contributed by atoms with Gasteiger partial charge in [0.05, 0.1) is 12.8 Å². The molecular formula is C20H14ClN3O3S. The van der Waals surface area contributed by atoms with Crippen LogP contribution in [0.25, 0.3) is 16.2 Å². The van der Waals surface area contributed by atoms with E-state index in [-0.39, 0.29) is 5.56 Å². The lowest BCUT2D eigenvalue weighted by Crippen LogP contribution is -2.26.